The van der Waals surface area contributed by atoms with Crippen LogP contribution in [0.1, 0.15) is 76.7 Å². The third-order valence-corrected chi connectivity index (χ3v) is 8.15. The van der Waals surface area contributed by atoms with Gasteiger partial charge in [-0.2, -0.15) is 0 Å². The van der Waals surface area contributed by atoms with Crippen molar-refractivity contribution in [1.82, 2.24) is 10.6 Å². The Labute approximate surface area is 175 Å². The van der Waals surface area contributed by atoms with Gasteiger partial charge < -0.3 is 10.6 Å². The Hall–Kier alpha value is -1.42. The molecule has 29 heavy (non-hydrogen) atoms. The van der Waals surface area contributed by atoms with Gasteiger partial charge in [-0.3, -0.25) is 4.79 Å². The number of nitrogens with one attached hydrogen (secondary N) is 2. The van der Waals surface area contributed by atoms with Crippen LogP contribution in [0, 0.1) is 11.3 Å². The molecule has 1 heterocycles. The summed E-state index contributed by atoms with van der Waals surface area (Å²) in [5, 5.41) is 6.02. The molecule has 1 aliphatic heterocycles. The number of alkyl halides is 1. The topological polar surface area (TPSA) is 41.1 Å². The van der Waals surface area contributed by atoms with Gasteiger partial charge in [-0.1, -0.05) is 50.1 Å². The highest BCUT2D eigenvalue weighted by molar-refractivity contribution is 5.76. The first-order valence-corrected chi connectivity index (χ1v) is 11.7. The first kappa shape index (κ1) is 20.8. The number of benzene rings is 1. The fourth-order valence-electron chi connectivity index (χ4n) is 6.69. The minimum absolute atomic E-state index is 0.0367. The van der Waals surface area contributed by atoms with Gasteiger partial charge in [0, 0.05) is 13.0 Å². The summed E-state index contributed by atoms with van der Waals surface area (Å²) < 4.78 is 14.0. The van der Waals surface area contributed by atoms with E-state index in [1.54, 1.807) is 0 Å². The Morgan fingerprint density at radius 2 is 2.07 bits per heavy atom. The molecule has 0 aromatic heterocycles. The second kappa shape index (κ2) is 8.75. The van der Waals surface area contributed by atoms with Crippen molar-refractivity contribution in [1.29, 1.82) is 0 Å². The number of halogens is 1. The van der Waals surface area contributed by atoms with Gasteiger partial charge in [0.2, 0.25) is 5.91 Å². The predicted molar refractivity (Wildman–Crippen MR) is 116 cm³/mol. The van der Waals surface area contributed by atoms with E-state index in [9.17, 15) is 9.18 Å². The standard InChI is InChI=1S/C25H37FN2O/c1-2-24-12-6-13-25(18-24,20-7-4-3-5-8-20)16-19(15-24)9-10-23(29)28-22-11-14-27-17-21(22)26/h3-5,7-8,19,21-22,27H,2,6,9-18H2,1H3,(H,28,29)/t19?,21-,22-,24?,25?/m0/s1. The Morgan fingerprint density at radius 3 is 2.83 bits per heavy atom. The number of carbonyl (C=O) groups excluding carboxylic acids is 1. The average molecular weight is 401 g/mol. The van der Waals surface area contributed by atoms with E-state index in [-0.39, 0.29) is 17.4 Å². The van der Waals surface area contributed by atoms with Crippen LogP contribution < -0.4 is 10.6 Å². The van der Waals surface area contributed by atoms with Crippen LogP contribution in [0.4, 0.5) is 4.39 Å². The second-order valence-corrected chi connectivity index (χ2v) is 10.0. The van der Waals surface area contributed by atoms with Gasteiger partial charge in [0.1, 0.15) is 6.17 Å². The zero-order valence-corrected chi connectivity index (χ0v) is 17.9. The largest absolute Gasteiger partial charge is 0.350 e. The molecule has 2 aliphatic carbocycles. The minimum Gasteiger partial charge on any atom is -0.350 e. The monoisotopic (exact) mass is 400 g/mol. The Bertz CT molecular complexity index is 695. The van der Waals surface area contributed by atoms with E-state index in [1.807, 2.05) is 0 Å². The highest BCUT2D eigenvalue weighted by atomic mass is 19.1. The third-order valence-electron chi connectivity index (χ3n) is 8.15. The molecule has 1 amide bonds. The van der Waals surface area contributed by atoms with Crippen molar-refractivity contribution in [3.8, 4) is 0 Å². The van der Waals surface area contributed by atoms with Crippen molar-refractivity contribution < 1.29 is 9.18 Å². The van der Waals surface area contributed by atoms with E-state index in [1.165, 1.54) is 50.5 Å². The van der Waals surface area contributed by atoms with E-state index in [0.29, 0.717) is 30.7 Å². The maximum Gasteiger partial charge on any atom is 0.220 e. The lowest BCUT2D eigenvalue weighted by Crippen LogP contribution is -2.51. The molecule has 2 N–H and O–H groups in total. The quantitative estimate of drug-likeness (QED) is 0.713. The number of rotatable bonds is 6. The summed E-state index contributed by atoms with van der Waals surface area (Å²) in [5.41, 5.74) is 2.22. The Morgan fingerprint density at radius 1 is 1.24 bits per heavy atom. The zero-order chi connectivity index (χ0) is 20.3. The first-order valence-electron chi connectivity index (χ1n) is 11.7. The van der Waals surface area contributed by atoms with Crippen molar-refractivity contribution in [2.75, 3.05) is 13.1 Å². The van der Waals surface area contributed by atoms with Crippen LogP contribution in [0.3, 0.4) is 0 Å². The summed E-state index contributed by atoms with van der Waals surface area (Å²) in [6.07, 6.45) is 10.1. The number of amides is 1. The highest BCUT2D eigenvalue weighted by Crippen LogP contribution is 2.60. The lowest BCUT2D eigenvalue weighted by atomic mass is 9.49. The molecular formula is C25H37FN2O. The van der Waals surface area contributed by atoms with E-state index < -0.39 is 6.17 Å². The molecule has 1 aromatic rings. The molecule has 3 unspecified atom stereocenters. The first-order chi connectivity index (χ1) is 14.0. The molecule has 4 heteroatoms. The van der Waals surface area contributed by atoms with Crippen LogP contribution in [0.25, 0.3) is 0 Å². The van der Waals surface area contributed by atoms with Gasteiger partial charge in [-0.15, -0.1) is 0 Å². The number of fused-ring (bicyclic) bond motifs is 2. The van der Waals surface area contributed by atoms with Crippen LogP contribution in [0.15, 0.2) is 30.3 Å². The lowest BCUT2D eigenvalue weighted by molar-refractivity contribution is -0.123. The van der Waals surface area contributed by atoms with Crippen molar-refractivity contribution in [3.05, 3.63) is 35.9 Å². The number of hydrogen-bond acceptors (Lipinski definition) is 2. The molecule has 3 fully saturated rings. The molecule has 0 spiro atoms. The molecule has 1 saturated heterocycles. The van der Waals surface area contributed by atoms with Crippen LogP contribution >= 0.6 is 0 Å². The minimum atomic E-state index is -0.966. The zero-order valence-electron chi connectivity index (χ0n) is 17.9. The van der Waals surface area contributed by atoms with Crippen molar-refractivity contribution in [2.45, 2.75) is 88.8 Å². The molecule has 160 valence electrons. The molecule has 3 nitrogen and oxygen atoms in total. The fraction of sp³-hybridized carbons (Fsp3) is 0.720. The van der Waals surface area contributed by atoms with Gasteiger partial charge in [0.15, 0.2) is 0 Å². The van der Waals surface area contributed by atoms with Crippen LogP contribution in [0.5, 0.6) is 0 Å². The molecule has 4 rings (SSSR count). The van der Waals surface area contributed by atoms with Crippen LogP contribution in [0.2, 0.25) is 0 Å². The normalized spacial score (nSPS) is 37.1. The van der Waals surface area contributed by atoms with Crippen molar-refractivity contribution >= 4 is 5.91 Å². The molecule has 2 bridgehead atoms. The fourth-order valence-corrected chi connectivity index (χ4v) is 6.69. The van der Waals surface area contributed by atoms with Gasteiger partial charge in [-0.25, -0.2) is 4.39 Å². The third kappa shape index (κ3) is 4.52. The smallest absolute Gasteiger partial charge is 0.220 e. The van der Waals surface area contributed by atoms with Crippen LogP contribution in [-0.2, 0) is 10.2 Å². The molecule has 3 aliphatic rings. The van der Waals surface area contributed by atoms with Gasteiger partial charge >= 0.3 is 0 Å². The number of piperidine rings is 1. The molecule has 2 saturated carbocycles. The van der Waals surface area contributed by atoms with E-state index in [4.69, 9.17) is 0 Å². The summed E-state index contributed by atoms with van der Waals surface area (Å²) in [6, 6.07) is 10.8. The van der Waals surface area contributed by atoms with Crippen LogP contribution in [-0.4, -0.2) is 31.2 Å². The maximum absolute atomic E-state index is 14.0. The van der Waals surface area contributed by atoms with Gasteiger partial charge in [0.25, 0.3) is 0 Å². The number of carbonyl (C=O) groups is 1. The summed E-state index contributed by atoms with van der Waals surface area (Å²) in [4.78, 5) is 12.5. The van der Waals surface area contributed by atoms with Gasteiger partial charge in [0.05, 0.1) is 6.04 Å². The molecular weight excluding hydrogens is 363 g/mol. The molecule has 1 aromatic carbocycles. The number of hydrogen-bond donors (Lipinski definition) is 2. The van der Waals surface area contributed by atoms with Gasteiger partial charge in [-0.05, 0) is 73.8 Å². The van der Waals surface area contributed by atoms with E-state index in [0.717, 1.165) is 13.0 Å². The predicted octanol–water partition coefficient (Wildman–Crippen LogP) is 4.90. The molecule has 5 atom stereocenters. The molecule has 0 radical (unpaired) electrons. The van der Waals surface area contributed by atoms with Crippen molar-refractivity contribution in [2.24, 2.45) is 11.3 Å². The summed E-state index contributed by atoms with van der Waals surface area (Å²) in [7, 11) is 0. The maximum atomic E-state index is 14.0. The van der Waals surface area contributed by atoms with E-state index in [2.05, 4.69) is 47.9 Å². The summed E-state index contributed by atoms with van der Waals surface area (Å²) in [5.74, 6) is 0.624. The summed E-state index contributed by atoms with van der Waals surface area (Å²) >= 11 is 0. The average Bonchev–Trinajstić information content (AvgIpc) is 2.74. The lowest BCUT2D eigenvalue weighted by Gasteiger charge is -2.55. The highest BCUT2D eigenvalue weighted by Gasteiger charge is 2.50. The van der Waals surface area contributed by atoms with E-state index >= 15 is 0 Å². The summed E-state index contributed by atoms with van der Waals surface area (Å²) in [6.45, 7) is 3.49. The van der Waals surface area contributed by atoms with Crippen molar-refractivity contribution in [3.63, 3.8) is 0 Å². The SMILES string of the molecule is CCC12CCCC(c3ccccc3)(CC(CCC(=O)N[C@H]3CCNC[C@@H]3F)C1)C2. The Kier molecular flexibility index (Phi) is 6.29. The Balaban J connectivity index is 1.42. The second-order valence-electron chi connectivity index (χ2n) is 10.0.